The van der Waals surface area contributed by atoms with E-state index in [0.717, 1.165) is 0 Å². The number of fused-ring (bicyclic) bond motifs is 2. The lowest BCUT2D eigenvalue weighted by Crippen LogP contribution is -2.37. The van der Waals surface area contributed by atoms with Crippen molar-refractivity contribution < 1.29 is 14.3 Å². The zero-order valence-electron chi connectivity index (χ0n) is 15.6. The van der Waals surface area contributed by atoms with E-state index in [2.05, 4.69) is 0 Å². The van der Waals surface area contributed by atoms with Crippen LogP contribution >= 0.6 is 0 Å². The van der Waals surface area contributed by atoms with Crippen molar-refractivity contribution in [2.45, 2.75) is 13.0 Å². The summed E-state index contributed by atoms with van der Waals surface area (Å²) >= 11 is 0. The molecule has 1 aliphatic rings. The molecule has 0 spiro atoms. The number of benzene rings is 2. The van der Waals surface area contributed by atoms with E-state index in [0.29, 0.717) is 27.8 Å². The molecule has 0 radical (unpaired) electrons. The summed E-state index contributed by atoms with van der Waals surface area (Å²) in [6.07, 6.45) is 0. The molecule has 1 unspecified atom stereocenters. The summed E-state index contributed by atoms with van der Waals surface area (Å²) in [7, 11) is 2.83. The third-order valence-corrected chi connectivity index (χ3v) is 5.07. The van der Waals surface area contributed by atoms with Gasteiger partial charge in [0.15, 0.2) is 0 Å². The minimum Gasteiger partial charge on any atom is -0.497 e. The molecule has 1 aromatic heterocycles. The van der Waals surface area contributed by atoms with E-state index in [4.69, 9.17) is 9.47 Å². The number of carbonyl (C=O) groups excluding carboxylic acids is 1. The lowest BCUT2D eigenvalue weighted by molar-refractivity contribution is -0.136. The van der Waals surface area contributed by atoms with E-state index < -0.39 is 12.0 Å². The highest BCUT2D eigenvalue weighted by Crippen LogP contribution is 2.35. The summed E-state index contributed by atoms with van der Waals surface area (Å²) in [5.74, 6) is 0.0580. The topological polar surface area (TPSA) is 79.5 Å². The first kappa shape index (κ1) is 17.8. The maximum absolute atomic E-state index is 13.3. The number of aromatic nitrogens is 2. The minimum absolute atomic E-state index is 0.252. The molecule has 0 N–H and O–H groups in total. The Balaban J connectivity index is 2.10. The Morgan fingerprint density at radius 2 is 1.54 bits per heavy atom. The second-order valence-electron chi connectivity index (χ2n) is 6.48. The first-order valence-electron chi connectivity index (χ1n) is 8.69. The van der Waals surface area contributed by atoms with Crippen molar-refractivity contribution in [3.05, 3.63) is 80.4 Å². The van der Waals surface area contributed by atoms with Gasteiger partial charge >= 0.3 is 5.97 Å². The lowest BCUT2D eigenvalue weighted by Gasteiger charge is -2.18. The van der Waals surface area contributed by atoms with Gasteiger partial charge < -0.3 is 9.47 Å². The fourth-order valence-electron chi connectivity index (χ4n) is 3.73. The van der Waals surface area contributed by atoms with Crippen molar-refractivity contribution in [3.63, 3.8) is 0 Å². The Morgan fingerprint density at radius 3 is 2.11 bits per heavy atom. The maximum Gasteiger partial charge on any atom is 0.338 e. The number of carbonyl (C=O) groups is 1. The molecule has 2 aromatic carbocycles. The number of nitrogens with zero attached hydrogens (tertiary/aromatic N) is 2. The first-order valence-corrected chi connectivity index (χ1v) is 8.69. The predicted octanol–water partition coefficient (Wildman–Crippen LogP) is 2.18. The summed E-state index contributed by atoms with van der Waals surface area (Å²) in [6.45, 7) is 1.64. The van der Waals surface area contributed by atoms with Crippen LogP contribution in [0.25, 0.3) is 16.5 Å². The normalized spacial score (nSPS) is 15.6. The van der Waals surface area contributed by atoms with Gasteiger partial charge in [0.1, 0.15) is 11.8 Å². The average molecular weight is 378 g/mol. The zero-order chi connectivity index (χ0) is 20.0. The zero-order valence-corrected chi connectivity index (χ0v) is 15.6. The Bertz CT molecular complexity index is 1250. The fraction of sp³-hybridized carbons (Fsp3) is 0.190. The van der Waals surface area contributed by atoms with E-state index in [9.17, 15) is 14.4 Å². The fourth-order valence-corrected chi connectivity index (χ4v) is 3.73. The van der Waals surface area contributed by atoms with Crippen LogP contribution < -0.4 is 15.9 Å². The van der Waals surface area contributed by atoms with Gasteiger partial charge in [0.05, 0.1) is 36.3 Å². The van der Waals surface area contributed by atoms with Gasteiger partial charge in [-0.15, -0.1) is 0 Å². The molecule has 28 heavy (non-hydrogen) atoms. The summed E-state index contributed by atoms with van der Waals surface area (Å²) in [4.78, 5) is 39.0. The van der Waals surface area contributed by atoms with Crippen LogP contribution in [0.4, 0.5) is 0 Å². The van der Waals surface area contributed by atoms with E-state index in [1.807, 2.05) is 0 Å². The van der Waals surface area contributed by atoms with Crippen molar-refractivity contribution in [2.75, 3.05) is 14.2 Å². The Kier molecular flexibility index (Phi) is 4.15. The molecule has 2 heterocycles. The Labute approximate surface area is 160 Å². The first-order chi connectivity index (χ1) is 13.5. The SMILES string of the molecule is COC(=O)C1=C(C)n2c(=O)c3ccccc3c(=O)n2C1c1ccc(OC)cc1. The summed E-state index contributed by atoms with van der Waals surface area (Å²) in [5.41, 5.74) is 0.589. The summed E-state index contributed by atoms with van der Waals surface area (Å²) in [5, 5.41) is 0.615. The van der Waals surface area contributed by atoms with Gasteiger partial charge in [-0.25, -0.2) is 14.2 Å². The van der Waals surface area contributed by atoms with Crippen LogP contribution in [0.2, 0.25) is 0 Å². The molecule has 1 atom stereocenters. The number of hydrogen-bond acceptors (Lipinski definition) is 5. The molecule has 1 aliphatic heterocycles. The van der Waals surface area contributed by atoms with Gasteiger partial charge in [0, 0.05) is 0 Å². The number of allylic oxidation sites excluding steroid dienone is 1. The van der Waals surface area contributed by atoms with Gasteiger partial charge in [-0.05, 0) is 36.8 Å². The van der Waals surface area contributed by atoms with Crippen LogP contribution in [0.1, 0.15) is 18.5 Å². The molecule has 0 amide bonds. The molecule has 7 nitrogen and oxygen atoms in total. The second-order valence-corrected chi connectivity index (χ2v) is 6.48. The average Bonchev–Trinajstić information content (AvgIpc) is 3.05. The van der Waals surface area contributed by atoms with E-state index in [1.54, 1.807) is 62.6 Å². The van der Waals surface area contributed by atoms with Crippen LogP contribution in [-0.4, -0.2) is 29.6 Å². The van der Waals surface area contributed by atoms with Crippen molar-refractivity contribution >= 4 is 22.4 Å². The third-order valence-electron chi connectivity index (χ3n) is 5.07. The van der Waals surface area contributed by atoms with Crippen LogP contribution in [0.5, 0.6) is 5.75 Å². The number of ether oxygens (including phenoxy) is 2. The molecule has 0 aliphatic carbocycles. The lowest BCUT2D eigenvalue weighted by atomic mass is 9.98. The van der Waals surface area contributed by atoms with Crippen molar-refractivity contribution in [1.29, 1.82) is 0 Å². The number of rotatable bonds is 3. The summed E-state index contributed by atoms with van der Waals surface area (Å²) < 4.78 is 12.7. The van der Waals surface area contributed by atoms with Crippen LogP contribution in [0.3, 0.4) is 0 Å². The highest BCUT2D eigenvalue weighted by Gasteiger charge is 2.37. The van der Waals surface area contributed by atoms with E-state index in [1.165, 1.54) is 16.5 Å². The van der Waals surface area contributed by atoms with Crippen molar-refractivity contribution in [3.8, 4) is 5.75 Å². The Morgan fingerprint density at radius 1 is 0.929 bits per heavy atom. The van der Waals surface area contributed by atoms with Crippen LogP contribution in [0.15, 0.2) is 63.7 Å². The van der Waals surface area contributed by atoms with Crippen LogP contribution in [-0.2, 0) is 9.53 Å². The smallest absolute Gasteiger partial charge is 0.338 e. The van der Waals surface area contributed by atoms with E-state index in [-0.39, 0.29) is 16.7 Å². The molecule has 3 aromatic rings. The molecular formula is C21H18N2O5. The van der Waals surface area contributed by atoms with Crippen molar-refractivity contribution in [2.24, 2.45) is 0 Å². The largest absolute Gasteiger partial charge is 0.497 e. The summed E-state index contributed by atoms with van der Waals surface area (Å²) in [6, 6.07) is 12.9. The van der Waals surface area contributed by atoms with Crippen molar-refractivity contribution in [1.82, 2.24) is 9.36 Å². The van der Waals surface area contributed by atoms with Gasteiger partial charge in [0.25, 0.3) is 11.1 Å². The Hall–Kier alpha value is -3.61. The third kappa shape index (κ3) is 2.40. The van der Waals surface area contributed by atoms with Gasteiger partial charge in [0.2, 0.25) is 0 Å². The molecule has 142 valence electrons. The minimum atomic E-state index is -0.775. The van der Waals surface area contributed by atoms with Crippen LogP contribution in [0, 0.1) is 0 Å². The molecule has 0 saturated carbocycles. The quantitative estimate of drug-likeness (QED) is 0.653. The number of esters is 1. The molecular weight excluding hydrogens is 360 g/mol. The highest BCUT2D eigenvalue weighted by molar-refractivity contribution is 5.97. The molecule has 4 rings (SSSR count). The van der Waals surface area contributed by atoms with Gasteiger partial charge in [-0.1, -0.05) is 24.3 Å². The predicted molar refractivity (Wildman–Crippen MR) is 105 cm³/mol. The van der Waals surface area contributed by atoms with E-state index >= 15 is 0 Å². The number of methoxy groups -OCH3 is 2. The highest BCUT2D eigenvalue weighted by atomic mass is 16.5. The number of hydrogen-bond donors (Lipinski definition) is 0. The maximum atomic E-state index is 13.3. The molecule has 0 bridgehead atoms. The molecule has 7 heteroatoms. The molecule has 0 fully saturated rings. The molecule has 0 saturated heterocycles. The van der Waals surface area contributed by atoms with Gasteiger partial charge in [-0.3, -0.25) is 9.59 Å². The second kappa shape index (κ2) is 6.53. The standard InChI is InChI=1S/C21H18N2O5/c1-12-17(21(26)28-3)18(13-8-10-14(27-2)11-9-13)23-20(25)16-7-5-4-6-15(16)19(24)22(12)23/h4-11,18H,1-3H3. The van der Waals surface area contributed by atoms with Gasteiger partial charge in [-0.2, -0.15) is 0 Å². The monoisotopic (exact) mass is 378 g/mol.